The Morgan fingerprint density at radius 2 is 2.00 bits per heavy atom. The maximum Gasteiger partial charge on any atom is 0.178 e. The van der Waals surface area contributed by atoms with E-state index in [4.69, 9.17) is 4.74 Å². The van der Waals surface area contributed by atoms with Gasteiger partial charge in [-0.2, -0.15) is 0 Å². The van der Waals surface area contributed by atoms with Crippen molar-refractivity contribution in [1.29, 1.82) is 0 Å². The average molecular weight is 354 g/mol. The van der Waals surface area contributed by atoms with Crippen LogP contribution in [-0.2, 0) is 13.1 Å². The second-order valence-electron chi connectivity index (χ2n) is 5.83. The summed E-state index contributed by atoms with van der Waals surface area (Å²) in [6.45, 7) is 2.25. The molecule has 2 heterocycles. The quantitative estimate of drug-likeness (QED) is 0.421. The molecule has 0 aliphatic heterocycles. The molecule has 0 bridgehead atoms. The van der Waals surface area contributed by atoms with Crippen molar-refractivity contribution in [1.82, 2.24) is 19.9 Å². The molecule has 3 aromatic rings. The second kappa shape index (κ2) is 8.57. The smallest absolute Gasteiger partial charge is 0.178 e. The molecule has 0 radical (unpaired) electrons. The third kappa shape index (κ3) is 4.45. The summed E-state index contributed by atoms with van der Waals surface area (Å²) in [6, 6.07) is 11.1. The highest BCUT2D eigenvalue weighted by molar-refractivity contribution is 5.53. The Bertz CT molecular complexity index is 848. The first-order chi connectivity index (χ1) is 12.7. The molecule has 0 spiro atoms. The third-order valence-corrected chi connectivity index (χ3v) is 4.03. The fourth-order valence-electron chi connectivity index (χ4n) is 2.64. The zero-order valence-corrected chi connectivity index (χ0v) is 14.5. The van der Waals surface area contributed by atoms with Gasteiger partial charge in [0.1, 0.15) is 11.4 Å². The number of para-hydroxylation sites is 1. The zero-order valence-electron chi connectivity index (χ0n) is 14.5. The predicted molar refractivity (Wildman–Crippen MR) is 97.3 cm³/mol. The number of pyridine rings is 1. The molecule has 0 aliphatic carbocycles. The number of imidazole rings is 1. The number of hydrogen-bond donors (Lipinski definition) is 3. The molecule has 136 valence electrons. The van der Waals surface area contributed by atoms with Crippen LogP contribution in [0.2, 0.25) is 0 Å². The lowest BCUT2D eigenvalue weighted by Gasteiger charge is -2.09. The van der Waals surface area contributed by atoms with Gasteiger partial charge in [-0.1, -0.05) is 18.2 Å². The van der Waals surface area contributed by atoms with Gasteiger partial charge in [0.05, 0.1) is 19.1 Å². The molecule has 0 aliphatic rings. The summed E-state index contributed by atoms with van der Waals surface area (Å²) in [5, 5.41) is 21.9. The van der Waals surface area contributed by atoms with E-state index < -0.39 is 6.29 Å². The average Bonchev–Trinajstić information content (AvgIpc) is 3.14. The van der Waals surface area contributed by atoms with E-state index in [1.165, 1.54) is 6.20 Å². The molecule has 1 aromatic carbocycles. The van der Waals surface area contributed by atoms with Gasteiger partial charge in [-0.15, -0.1) is 0 Å². The normalized spacial score (nSPS) is 11.1. The number of nitrogens with one attached hydrogen (secondary N) is 1. The first-order valence-corrected chi connectivity index (χ1v) is 8.34. The molecule has 3 rings (SSSR count). The number of hydrogen-bond acceptors (Lipinski definition) is 6. The van der Waals surface area contributed by atoms with Gasteiger partial charge in [0.2, 0.25) is 0 Å². The number of rotatable bonds is 8. The summed E-state index contributed by atoms with van der Waals surface area (Å²) < 4.78 is 7.31. The standard InChI is InChI=1S/C19H22N4O3/c1-26-18-5-3-2-4-15(18)11-20-8-9-23-12-17(22-13-23)16-10-14(19(24)25)6-7-21-16/h2-7,10,12-13,19-20,24-25H,8-9,11H2,1H3. The third-order valence-electron chi connectivity index (χ3n) is 4.03. The highest BCUT2D eigenvalue weighted by atomic mass is 16.5. The van der Waals surface area contributed by atoms with E-state index in [1.54, 1.807) is 25.6 Å². The number of aromatic nitrogens is 3. The molecular formula is C19H22N4O3. The van der Waals surface area contributed by atoms with Crippen LogP contribution in [0.25, 0.3) is 11.4 Å². The van der Waals surface area contributed by atoms with Crippen molar-refractivity contribution in [3.05, 3.63) is 66.2 Å². The van der Waals surface area contributed by atoms with Crippen LogP contribution in [0.3, 0.4) is 0 Å². The summed E-state index contributed by atoms with van der Waals surface area (Å²) >= 11 is 0. The van der Waals surface area contributed by atoms with Crippen molar-refractivity contribution in [2.24, 2.45) is 0 Å². The van der Waals surface area contributed by atoms with Crippen molar-refractivity contribution < 1.29 is 14.9 Å². The first-order valence-electron chi connectivity index (χ1n) is 8.34. The van der Waals surface area contributed by atoms with E-state index in [0.29, 0.717) is 17.0 Å². The first kappa shape index (κ1) is 18.1. The number of methoxy groups -OCH3 is 1. The zero-order chi connectivity index (χ0) is 18.4. The van der Waals surface area contributed by atoms with Crippen LogP contribution in [0.15, 0.2) is 55.1 Å². The number of ether oxygens (including phenoxy) is 1. The summed E-state index contributed by atoms with van der Waals surface area (Å²) in [4.78, 5) is 8.57. The van der Waals surface area contributed by atoms with Gasteiger partial charge >= 0.3 is 0 Å². The summed E-state index contributed by atoms with van der Waals surface area (Å²) in [6.07, 6.45) is 3.65. The topological polar surface area (TPSA) is 92.4 Å². The lowest BCUT2D eigenvalue weighted by Crippen LogP contribution is -2.19. The van der Waals surface area contributed by atoms with Gasteiger partial charge in [0.15, 0.2) is 6.29 Å². The van der Waals surface area contributed by atoms with E-state index in [1.807, 2.05) is 35.0 Å². The van der Waals surface area contributed by atoms with Crippen LogP contribution in [0.1, 0.15) is 17.4 Å². The molecule has 7 nitrogen and oxygen atoms in total. The fourth-order valence-corrected chi connectivity index (χ4v) is 2.64. The Morgan fingerprint density at radius 3 is 2.81 bits per heavy atom. The number of aliphatic hydroxyl groups excluding tert-OH is 1. The molecule has 0 saturated heterocycles. The minimum atomic E-state index is -1.52. The largest absolute Gasteiger partial charge is 0.496 e. The molecule has 0 fully saturated rings. The van der Waals surface area contributed by atoms with Crippen molar-refractivity contribution in [2.75, 3.05) is 13.7 Å². The van der Waals surface area contributed by atoms with Gasteiger partial charge < -0.3 is 24.8 Å². The van der Waals surface area contributed by atoms with Gasteiger partial charge in [-0.25, -0.2) is 4.98 Å². The minimum absolute atomic E-state index is 0.392. The van der Waals surface area contributed by atoms with E-state index >= 15 is 0 Å². The van der Waals surface area contributed by atoms with E-state index in [2.05, 4.69) is 15.3 Å². The lowest BCUT2D eigenvalue weighted by atomic mass is 10.2. The van der Waals surface area contributed by atoms with Crippen LogP contribution < -0.4 is 10.1 Å². The van der Waals surface area contributed by atoms with Gasteiger partial charge in [0.25, 0.3) is 0 Å². The second-order valence-corrected chi connectivity index (χ2v) is 5.83. The Labute approximate surface area is 151 Å². The van der Waals surface area contributed by atoms with Crippen molar-refractivity contribution in [3.63, 3.8) is 0 Å². The molecule has 0 unspecified atom stereocenters. The Kier molecular flexibility index (Phi) is 5.96. The highest BCUT2D eigenvalue weighted by Crippen LogP contribution is 2.19. The van der Waals surface area contributed by atoms with E-state index in [9.17, 15) is 10.2 Å². The molecule has 2 aromatic heterocycles. The molecule has 0 saturated carbocycles. The van der Waals surface area contributed by atoms with Crippen LogP contribution >= 0.6 is 0 Å². The monoisotopic (exact) mass is 354 g/mol. The molecule has 3 N–H and O–H groups in total. The molecule has 26 heavy (non-hydrogen) atoms. The van der Waals surface area contributed by atoms with Crippen LogP contribution in [0, 0.1) is 0 Å². The van der Waals surface area contributed by atoms with E-state index in [-0.39, 0.29) is 0 Å². The Hall–Kier alpha value is -2.74. The Morgan fingerprint density at radius 1 is 1.15 bits per heavy atom. The number of nitrogens with zero attached hydrogens (tertiary/aromatic N) is 3. The molecular weight excluding hydrogens is 332 g/mol. The predicted octanol–water partition coefficient (Wildman–Crippen LogP) is 1.73. The molecule has 7 heteroatoms. The number of benzene rings is 1. The van der Waals surface area contributed by atoms with Gasteiger partial charge in [0, 0.05) is 43.2 Å². The van der Waals surface area contributed by atoms with Crippen LogP contribution in [0.4, 0.5) is 0 Å². The minimum Gasteiger partial charge on any atom is -0.496 e. The summed E-state index contributed by atoms with van der Waals surface area (Å²) in [7, 11) is 1.67. The molecule has 0 amide bonds. The Balaban J connectivity index is 1.55. The number of aliphatic hydroxyl groups is 2. The van der Waals surface area contributed by atoms with E-state index in [0.717, 1.165) is 30.9 Å². The van der Waals surface area contributed by atoms with Crippen LogP contribution in [-0.4, -0.2) is 38.4 Å². The summed E-state index contributed by atoms with van der Waals surface area (Å²) in [5.74, 6) is 0.877. The van der Waals surface area contributed by atoms with Crippen molar-refractivity contribution in [2.45, 2.75) is 19.4 Å². The summed E-state index contributed by atoms with van der Waals surface area (Å²) in [5.41, 5.74) is 2.81. The maximum absolute atomic E-state index is 9.26. The van der Waals surface area contributed by atoms with Crippen LogP contribution in [0.5, 0.6) is 5.75 Å². The fraction of sp³-hybridized carbons (Fsp3) is 0.263. The van der Waals surface area contributed by atoms with Crippen molar-refractivity contribution in [3.8, 4) is 17.1 Å². The SMILES string of the molecule is COc1ccccc1CNCCn1cnc(-c2cc(C(O)O)ccn2)c1. The van der Waals surface area contributed by atoms with Crippen molar-refractivity contribution >= 4 is 0 Å². The lowest BCUT2D eigenvalue weighted by molar-refractivity contribution is -0.0425. The highest BCUT2D eigenvalue weighted by Gasteiger charge is 2.08. The molecule has 0 atom stereocenters. The van der Waals surface area contributed by atoms with Gasteiger partial charge in [-0.3, -0.25) is 4.98 Å². The van der Waals surface area contributed by atoms with Gasteiger partial charge in [-0.05, 0) is 18.2 Å². The maximum atomic E-state index is 9.26.